The zero-order chi connectivity index (χ0) is 22.0. The first-order valence-corrected chi connectivity index (χ1v) is 11.0. The molecule has 0 amide bonds. The Morgan fingerprint density at radius 2 is 1.39 bits per heavy atom. The number of hydrogen-bond donors (Lipinski definition) is 0. The summed E-state index contributed by atoms with van der Waals surface area (Å²) in [4.78, 5) is 9.99. The van der Waals surface area contributed by atoms with Gasteiger partial charge in [-0.25, -0.2) is 4.98 Å². The number of rotatable bonds is 1. The lowest BCUT2D eigenvalue weighted by Gasteiger charge is -2.27. The Morgan fingerprint density at radius 1 is 0.742 bits per heavy atom. The molecule has 3 heterocycles. The molecule has 5 aromatic rings. The van der Waals surface area contributed by atoms with Crippen LogP contribution in [0.4, 0.5) is 0 Å². The molecule has 0 atom stereocenters. The lowest BCUT2D eigenvalue weighted by Crippen LogP contribution is -2.19. The van der Waals surface area contributed by atoms with Gasteiger partial charge in [0.2, 0.25) is 0 Å². The van der Waals surface area contributed by atoms with Gasteiger partial charge >= 0.3 is 0 Å². The van der Waals surface area contributed by atoms with Crippen LogP contribution in [-0.2, 0) is 10.8 Å². The summed E-state index contributed by atoms with van der Waals surface area (Å²) in [5, 5.41) is 2.41. The van der Waals surface area contributed by atoms with Gasteiger partial charge in [-0.3, -0.25) is 9.38 Å². The third kappa shape index (κ3) is 3.11. The van der Waals surface area contributed by atoms with E-state index in [0.717, 1.165) is 22.4 Å². The molecule has 0 saturated heterocycles. The van der Waals surface area contributed by atoms with Crippen LogP contribution in [0.25, 0.3) is 38.6 Å². The number of nitrogens with zero attached hydrogens (tertiary/aromatic N) is 3. The van der Waals surface area contributed by atoms with Crippen LogP contribution in [0.3, 0.4) is 0 Å². The van der Waals surface area contributed by atoms with Crippen LogP contribution in [0.2, 0.25) is 0 Å². The number of aromatic nitrogens is 3. The van der Waals surface area contributed by atoms with Crippen molar-refractivity contribution >= 4 is 27.5 Å². The molecule has 0 N–H and O–H groups in total. The predicted molar refractivity (Wildman–Crippen MR) is 131 cm³/mol. The minimum absolute atomic E-state index is 0.0197. The summed E-state index contributed by atoms with van der Waals surface area (Å²) in [5.74, 6) is 0. The van der Waals surface area contributed by atoms with Gasteiger partial charge in [0.15, 0.2) is 0 Å². The summed E-state index contributed by atoms with van der Waals surface area (Å²) in [6.45, 7) is 13.4. The summed E-state index contributed by atoms with van der Waals surface area (Å²) >= 11 is 0. The highest BCUT2D eigenvalue weighted by molar-refractivity contribution is 6.07. The van der Waals surface area contributed by atoms with E-state index in [-0.39, 0.29) is 10.8 Å². The smallest absolute Gasteiger partial charge is 0.146 e. The fourth-order valence-corrected chi connectivity index (χ4v) is 4.54. The standard InChI is InChI=1S/C28H29N3/c1-27(2,3)23-16-21-22(17-29-23)31-25(28(4,5)6)24(18-12-8-7-9-13-18)19-14-10-11-15-20(19)26(31)30-21/h7-17H,1-6H3. The molecule has 156 valence electrons. The maximum atomic E-state index is 5.15. The SMILES string of the molecule is CC(C)(C)c1cc2nc3c4ccccc4c(-c4ccccc4)c(C(C)(C)C)n3c2cn1. The number of fused-ring (bicyclic) bond motifs is 5. The third-order valence-corrected chi connectivity index (χ3v) is 5.98. The second kappa shape index (κ2) is 6.65. The molecule has 0 saturated carbocycles. The average molecular weight is 408 g/mol. The maximum absolute atomic E-state index is 5.15. The molecule has 0 unspecified atom stereocenters. The minimum atomic E-state index is -0.0935. The van der Waals surface area contributed by atoms with Gasteiger partial charge in [0.1, 0.15) is 5.65 Å². The second-order valence-corrected chi connectivity index (χ2v) is 10.5. The van der Waals surface area contributed by atoms with Crippen LogP contribution in [0, 0.1) is 0 Å². The van der Waals surface area contributed by atoms with E-state index in [9.17, 15) is 0 Å². The molecule has 0 radical (unpaired) electrons. The molecule has 3 nitrogen and oxygen atoms in total. The molecular weight excluding hydrogens is 378 g/mol. The molecule has 0 aliphatic rings. The van der Waals surface area contributed by atoms with Crippen molar-refractivity contribution in [1.29, 1.82) is 0 Å². The van der Waals surface area contributed by atoms with Crippen LogP contribution in [-0.4, -0.2) is 14.4 Å². The van der Waals surface area contributed by atoms with Gasteiger partial charge in [-0.2, -0.15) is 0 Å². The van der Waals surface area contributed by atoms with Crippen LogP contribution in [0.1, 0.15) is 52.9 Å². The van der Waals surface area contributed by atoms with Crippen molar-refractivity contribution in [3.05, 3.63) is 78.2 Å². The third-order valence-electron chi connectivity index (χ3n) is 5.98. The van der Waals surface area contributed by atoms with E-state index < -0.39 is 0 Å². The summed E-state index contributed by atoms with van der Waals surface area (Å²) in [5.41, 5.74) is 7.79. The van der Waals surface area contributed by atoms with Crippen LogP contribution in [0.5, 0.6) is 0 Å². The normalized spacial score (nSPS) is 12.8. The van der Waals surface area contributed by atoms with E-state index in [0.29, 0.717) is 0 Å². The average Bonchev–Trinajstić information content (AvgIpc) is 3.10. The van der Waals surface area contributed by atoms with Crippen molar-refractivity contribution in [3.63, 3.8) is 0 Å². The predicted octanol–water partition coefficient (Wildman–Crippen LogP) is 7.30. The van der Waals surface area contributed by atoms with E-state index in [2.05, 4.69) is 107 Å². The zero-order valence-corrected chi connectivity index (χ0v) is 19.2. The molecule has 31 heavy (non-hydrogen) atoms. The molecule has 0 aliphatic carbocycles. The highest BCUT2D eigenvalue weighted by Crippen LogP contribution is 2.41. The molecular formula is C28H29N3. The van der Waals surface area contributed by atoms with Gasteiger partial charge in [0, 0.05) is 33.2 Å². The first kappa shape index (κ1) is 19.7. The number of benzene rings is 2. The quantitative estimate of drug-likeness (QED) is 0.292. The van der Waals surface area contributed by atoms with E-state index >= 15 is 0 Å². The van der Waals surface area contributed by atoms with Crippen molar-refractivity contribution in [2.75, 3.05) is 0 Å². The van der Waals surface area contributed by atoms with Crippen LogP contribution in [0.15, 0.2) is 66.9 Å². The number of hydrogen-bond acceptors (Lipinski definition) is 2. The summed E-state index contributed by atoms with van der Waals surface area (Å²) in [7, 11) is 0. The molecule has 0 fully saturated rings. The van der Waals surface area contributed by atoms with Gasteiger partial charge in [-0.15, -0.1) is 0 Å². The minimum Gasteiger partial charge on any atom is -0.293 e. The van der Waals surface area contributed by atoms with Crippen LogP contribution >= 0.6 is 0 Å². The molecule has 5 rings (SSSR count). The highest BCUT2D eigenvalue weighted by Gasteiger charge is 2.28. The number of imidazole rings is 1. The maximum Gasteiger partial charge on any atom is 0.146 e. The van der Waals surface area contributed by atoms with Crippen molar-refractivity contribution < 1.29 is 0 Å². The summed E-state index contributed by atoms with van der Waals surface area (Å²) < 4.78 is 2.35. The fraction of sp³-hybridized carbons (Fsp3) is 0.286. The van der Waals surface area contributed by atoms with E-state index in [1.165, 1.54) is 27.6 Å². The van der Waals surface area contributed by atoms with Crippen LogP contribution < -0.4 is 0 Å². The van der Waals surface area contributed by atoms with Gasteiger partial charge in [0.05, 0.1) is 17.2 Å². The fourth-order valence-electron chi connectivity index (χ4n) is 4.54. The molecule has 3 heteroatoms. The van der Waals surface area contributed by atoms with Crippen molar-refractivity contribution in [2.24, 2.45) is 0 Å². The van der Waals surface area contributed by atoms with E-state index in [1.54, 1.807) is 0 Å². The molecule has 3 aromatic heterocycles. The first-order valence-electron chi connectivity index (χ1n) is 11.0. The Bertz CT molecular complexity index is 1430. The largest absolute Gasteiger partial charge is 0.293 e. The van der Waals surface area contributed by atoms with Gasteiger partial charge in [-0.05, 0) is 17.0 Å². The lowest BCUT2D eigenvalue weighted by atomic mass is 9.83. The van der Waals surface area contributed by atoms with Gasteiger partial charge in [-0.1, -0.05) is 96.1 Å². The molecule has 0 spiro atoms. The van der Waals surface area contributed by atoms with Crippen molar-refractivity contribution in [1.82, 2.24) is 14.4 Å². The van der Waals surface area contributed by atoms with Gasteiger partial charge in [0.25, 0.3) is 0 Å². The highest BCUT2D eigenvalue weighted by atomic mass is 15.0. The Hall–Kier alpha value is -3.20. The molecule has 2 aromatic carbocycles. The molecule has 0 aliphatic heterocycles. The van der Waals surface area contributed by atoms with Gasteiger partial charge < -0.3 is 0 Å². The first-order chi connectivity index (χ1) is 14.7. The Morgan fingerprint density at radius 3 is 2.03 bits per heavy atom. The monoisotopic (exact) mass is 407 g/mol. The lowest BCUT2D eigenvalue weighted by molar-refractivity contribution is 0.565. The second-order valence-electron chi connectivity index (χ2n) is 10.5. The van der Waals surface area contributed by atoms with Crippen molar-refractivity contribution in [3.8, 4) is 11.1 Å². The summed E-state index contributed by atoms with van der Waals surface area (Å²) in [6.07, 6.45) is 2.01. The number of pyridine rings is 2. The topological polar surface area (TPSA) is 30.2 Å². The van der Waals surface area contributed by atoms with E-state index in [4.69, 9.17) is 9.97 Å². The van der Waals surface area contributed by atoms with Crippen molar-refractivity contribution in [2.45, 2.75) is 52.4 Å². The Balaban J connectivity index is 2.04. The summed E-state index contributed by atoms with van der Waals surface area (Å²) in [6, 6.07) is 21.5. The van der Waals surface area contributed by atoms with E-state index in [1.807, 2.05) is 6.20 Å². The molecule has 0 bridgehead atoms. The Kier molecular flexibility index (Phi) is 4.23. The Labute approximate surface area is 183 Å². The zero-order valence-electron chi connectivity index (χ0n) is 19.2.